The normalized spacial score (nSPS) is 11.5. The Kier molecular flexibility index (Phi) is 4.37. The van der Waals surface area contributed by atoms with Crippen molar-refractivity contribution in [1.29, 1.82) is 0 Å². The maximum atomic E-state index is 13.5. The largest absolute Gasteiger partial charge is 0.270 e. The van der Waals surface area contributed by atoms with Gasteiger partial charge in [0.15, 0.2) is 5.65 Å². The van der Waals surface area contributed by atoms with Crippen molar-refractivity contribution in [2.24, 2.45) is 0 Å². The first kappa shape index (κ1) is 12.6. The molecule has 0 N–H and O–H groups in total. The summed E-state index contributed by atoms with van der Waals surface area (Å²) in [6.07, 6.45) is 1.81. The van der Waals surface area contributed by atoms with Gasteiger partial charge < -0.3 is 0 Å². The van der Waals surface area contributed by atoms with Crippen molar-refractivity contribution in [2.45, 2.75) is 0 Å². The molecule has 0 aliphatic carbocycles. The van der Waals surface area contributed by atoms with Crippen molar-refractivity contribution in [3.8, 4) is 0 Å². The first-order chi connectivity index (χ1) is 7.08. The van der Waals surface area contributed by atoms with E-state index in [4.69, 9.17) is 11.6 Å². The molecule has 2 aromatic heterocycles. The van der Waals surface area contributed by atoms with Crippen LogP contribution < -0.4 is 0 Å². The summed E-state index contributed by atoms with van der Waals surface area (Å²) in [5, 5.41) is 0.698. The average Bonchev–Trinajstić information content (AvgIpc) is 2.48. The summed E-state index contributed by atoms with van der Waals surface area (Å²) in [6, 6.07) is 2.95. The molecule has 0 aromatic carbocycles. The van der Waals surface area contributed by atoms with Crippen LogP contribution in [0.5, 0.6) is 0 Å². The van der Waals surface area contributed by atoms with E-state index < -0.39 is 0 Å². The zero-order valence-corrected chi connectivity index (χ0v) is 13.8. The van der Waals surface area contributed by atoms with E-state index in [1.807, 2.05) is 10.2 Å². The Hall–Kier alpha value is 1.15. The fraction of sp³-hybridized carbons (Fsp3) is 0. The molecule has 0 aliphatic rings. The second-order valence-electron chi connectivity index (χ2n) is 2.59. The van der Waals surface area contributed by atoms with Crippen LogP contribution in [-0.2, 0) is 0 Å². The zero-order valence-electron chi connectivity index (χ0n) is 6.99. The lowest BCUT2D eigenvalue weighted by atomic mass is 10.3. The molecular weight excluding hydrogens is 483 g/mol. The topological polar surface area (TPSA) is 17.8 Å². The smallest absolute Gasteiger partial charge is 0.154 e. The van der Waals surface area contributed by atoms with Gasteiger partial charge in [-0.15, -0.1) is 0 Å². The number of halogens is 4. The number of rotatable bonds is 2. The van der Waals surface area contributed by atoms with Crippen LogP contribution in [0.15, 0.2) is 18.3 Å². The van der Waals surface area contributed by atoms with E-state index in [9.17, 15) is 4.39 Å². The van der Waals surface area contributed by atoms with Gasteiger partial charge in [-0.2, -0.15) is 0 Å². The van der Waals surface area contributed by atoms with Gasteiger partial charge in [-0.05, 0) is 50.1 Å². The van der Waals surface area contributed by atoms with E-state index in [-0.39, 0.29) is 13.4 Å². The molecule has 0 atom stereocenters. The highest BCUT2D eigenvalue weighted by Gasteiger charge is 2.11. The van der Waals surface area contributed by atoms with E-state index in [0.29, 0.717) is 11.0 Å². The van der Waals surface area contributed by atoms with Crippen molar-refractivity contribution in [3.63, 3.8) is 0 Å². The van der Waals surface area contributed by atoms with Gasteiger partial charge in [0.2, 0.25) is 0 Å². The summed E-state index contributed by atoms with van der Waals surface area (Å²) >= 11 is 12.0. The Morgan fingerprint density at radius 3 is 2.93 bits per heavy atom. The molecule has 0 fully saturated rings. The molecular formula is C7H3ClFI2N2PS. The van der Waals surface area contributed by atoms with Gasteiger partial charge >= 0.3 is 0 Å². The summed E-state index contributed by atoms with van der Waals surface area (Å²) in [4.78, 5) is 4.12. The van der Waals surface area contributed by atoms with Crippen molar-refractivity contribution in [1.82, 2.24) is 8.96 Å². The van der Waals surface area contributed by atoms with Crippen LogP contribution in [0.1, 0.15) is 0 Å². The summed E-state index contributed by atoms with van der Waals surface area (Å²) in [5.41, 5.74) is 0.589. The third kappa shape index (κ3) is 2.88. The van der Waals surface area contributed by atoms with Crippen molar-refractivity contribution < 1.29 is 4.39 Å². The van der Waals surface area contributed by atoms with Crippen molar-refractivity contribution >= 4 is 80.7 Å². The molecule has 0 aliphatic heterocycles. The summed E-state index contributed by atoms with van der Waals surface area (Å²) < 4.78 is 15.1. The maximum absolute atomic E-state index is 13.5. The van der Waals surface area contributed by atoms with E-state index in [2.05, 4.69) is 49.1 Å². The highest BCUT2D eigenvalue weighted by atomic mass is 127. The monoisotopic (exact) mass is 486 g/mol. The Labute approximate surface area is 122 Å². The Bertz CT molecular complexity index is 507. The lowest BCUT2D eigenvalue weighted by Crippen LogP contribution is -1.87. The highest BCUT2D eigenvalue weighted by Crippen LogP contribution is 2.65. The molecule has 0 saturated carbocycles. The first-order valence-corrected chi connectivity index (χ1v) is 12.4. The van der Waals surface area contributed by atoms with Crippen LogP contribution in [-0.4, -0.2) is 8.96 Å². The lowest BCUT2D eigenvalue weighted by Gasteiger charge is -2.03. The third-order valence-corrected chi connectivity index (χ3v) is 6.55. The van der Waals surface area contributed by atoms with Crippen molar-refractivity contribution in [3.05, 3.63) is 29.3 Å². The van der Waals surface area contributed by atoms with Crippen LogP contribution in [0.3, 0.4) is 0 Å². The number of aromatic nitrogens is 2. The molecule has 0 radical (unpaired) electrons. The molecule has 2 nitrogen and oxygen atoms in total. The zero-order chi connectivity index (χ0) is 11.0. The number of hydrogen-bond donors (Lipinski definition) is 0. The molecule has 15 heavy (non-hydrogen) atoms. The molecule has 0 saturated heterocycles. The Morgan fingerprint density at radius 1 is 1.53 bits per heavy atom. The summed E-state index contributed by atoms with van der Waals surface area (Å²) in [5.74, 6) is -0.324. The van der Waals surface area contributed by atoms with Crippen LogP contribution >= 0.6 is 69.7 Å². The molecule has 2 heterocycles. The second-order valence-corrected chi connectivity index (χ2v) is 20.8. The molecule has 80 valence electrons. The predicted octanol–water partition coefficient (Wildman–Crippen LogP) is 5.42. The van der Waals surface area contributed by atoms with Gasteiger partial charge in [-0.25, -0.2) is 9.37 Å². The van der Waals surface area contributed by atoms with Gasteiger partial charge in [0.1, 0.15) is 13.4 Å². The van der Waals surface area contributed by atoms with Gasteiger partial charge in [-0.3, -0.25) is 3.97 Å². The van der Waals surface area contributed by atoms with Crippen LogP contribution in [0.25, 0.3) is 11.0 Å². The van der Waals surface area contributed by atoms with Crippen molar-refractivity contribution in [2.75, 3.05) is 0 Å². The van der Waals surface area contributed by atoms with Gasteiger partial charge in [0, 0.05) is 23.8 Å². The van der Waals surface area contributed by atoms with E-state index in [1.54, 1.807) is 17.6 Å². The minimum Gasteiger partial charge on any atom is -0.270 e. The highest BCUT2D eigenvalue weighted by molar-refractivity contribution is 14.3. The standard InChI is InChI=1S/C7H3ClFI2N2PS/c8-6-3-5(9)4-1-2-13(7(4)12-6)15-14(10)11/h1-3H. The summed E-state index contributed by atoms with van der Waals surface area (Å²) in [7, 11) is 0. The number of hydrogen-bond acceptors (Lipinski definition) is 2. The van der Waals surface area contributed by atoms with E-state index >= 15 is 0 Å². The quantitative estimate of drug-likeness (QED) is 0.321. The lowest BCUT2D eigenvalue weighted by molar-refractivity contribution is 0.638. The van der Waals surface area contributed by atoms with Gasteiger partial charge in [0.25, 0.3) is 0 Å². The summed E-state index contributed by atoms with van der Waals surface area (Å²) in [6.45, 7) is 0. The number of nitrogens with zero attached hydrogens (tertiary/aromatic N) is 2. The number of fused-ring (bicyclic) bond motifs is 1. The number of pyridine rings is 1. The SMILES string of the molecule is Fc1cc(Cl)nc2c1ccn2SP(I)I. The average molecular weight is 486 g/mol. The molecule has 0 spiro atoms. The molecule has 0 unspecified atom stereocenters. The fourth-order valence-electron chi connectivity index (χ4n) is 1.15. The van der Waals surface area contributed by atoms with Gasteiger partial charge in [-0.1, -0.05) is 11.6 Å². The molecule has 0 amide bonds. The Balaban J connectivity index is 2.58. The maximum Gasteiger partial charge on any atom is 0.154 e. The van der Waals surface area contributed by atoms with Crippen LogP contribution in [0, 0.1) is 5.82 Å². The van der Waals surface area contributed by atoms with Crippen LogP contribution in [0.2, 0.25) is 5.15 Å². The fourth-order valence-corrected chi connectivity index (χ4v) is 6.00. The Morgan fingerprint density at radius 2 is 2.27 bits per heavy atom. The molecule has 8 heteroatoms. The first-order valence-electron chi connectivity index (χ1n) is 3.71. The molecule has 2 rings (SSSR count). The van der Waals surface area contributed by atoms with E-state index in [1.165, 1.54) is 6.07 Å². The minimum atomic E-state index is -0.324. The molecule has 0 bridgehead atoms. The third-order valence-electron chi connectivity index (χ3n) is 1.69. The van der Waals surface area contributed by atoms with Crippen LogP contribution in [0.4, 0.5) is 4.39 Å². The van der Waals surface area contributed by atoms with Gasteiger partial charge in [0.05, 0.1) is 5.39 Å². The molecule has 2 aromatic rings. The predicted molar refractivity (Wildman–Crippen MR) is 82.7 cm³/mol. The van der Waals surface area contributed by atoms with E-state index in [0.717, 1.165) is 0 Å². The minimum absolute atomic E-state index is 0.187. The second kappa shape index (κ2) is 5.20.